The van der Waals surface area contributed by atoms with Crippen molar-refractivity contribution in [2.24, 2.45) is 0 Å². The van der Waals surface area contributed by atoms with Gasteiger partial charge in [0.05, 0.1) is 5.69 Å². The van der Waals surface area contributed by atoms with Crippen LogP contribution in [0.1, 0.15) is 12.5 Å². The highest BCUT2D eigenvalue weighted by molar-refractivity contribution is 7.14. The highest BCUT2D eigenvalue weighted by Gasteiger charge is 2.16. The summed E-state index contributed by atoms with van der Waals surface area (Å²) in [6, 6.07) is 15.0. The third-order valence-electron chi connectivity index (χ3n) is 3.55. The number of anilines is 1. The molecule has 0 saturated carbocycles. The van der Waals surface area contributed by atoms with Crippen LogP contribution >= 0.6 is 22.9 Å². The third kappa shape index (κ3) is 4.59. The van der Waals surface area contributed by atoms with Crippen LogP contribution in [0.2, 0.25) is 5.02 Å². The minimum absolute atomic E-state index is 0.237. The molecule has 1 amide bonds. The molecule has 3 aromatic rings. The molecule has 128 valence electrons. The molecular weight excluding hydrogens is 356 g/mol. The van der Waals surface area contributed by atoms with Crippen LogP contribution in [-0.2, 0) is 4.79 Å². The molecule has 0 bridgehead atoms. The lowest BCUT2D eigenvalue weighted by Gasteiger charge is -2.14. The van der Waals surface area contributed by atoms with Crippen LogP contribution in [0.15, 0.2) is 53.9 Å². The van der Waals surface area contributed by atoms with Crippen molar-refractivity contribution in [1.29, 1.82) is 0 Å². The number of rotatable bonds is 5. The maximum absolute atomic E-state index is 12.3. The Morgan fingerprint density at radius 2 is 2.00 bits per heavy atom. The zero-order valence-electron chi connectivity index (χ0n) is 13.8. The normalized spacial score (nSPS) is 11.8. The van der Waals surface area contributed by atoms with Crippen LogP contribution in [0.5, 0.6) is 5.75 Å². The first-order valence-corrected chi connectivity index (χ1v) is 9.03. The van der Waals surface area contributed by atoms with Crippen molar-refractivity contribution in [1.82, 2.24) is 4.98 Å². The topological polar surface area (TPSA) is 51.2 Å². The van der Waals surface area contributed by atoms with Gasteiger partial charge in [0.1, 0.15) is 5.75 Å². The number of carbonyl (C=O) groups is 1. The number of nitrogens with zero attached hydrogens (tertiary/aromatic N) is 1. The van der Waals surface area contributed by atoms with Crippen LogP contribution in [-0.4, -0.2) is 17.0 Å². The number of halogens is 1. The molecule has 1 N–H and O–H groups in total. The lowest BCUT2D eigenvalue weighted by Crippen LogP contribution is -2.30. The van der Waals surface area contributed by atoms with E-state index in [1.807, 2.05) is 60.8 Å². The third-order valence-corrected chi connectivity index (χ3v) is 4.56. The second kappa shape index (κ2) is 7.68. The van der Waals surface area contributed by atoms with Gasteiger partial charge in [-0.1, -0.05) is 35.9 Å². The fourth-order valence-electron chi connectivity index (χ4n) is 2.24. The Labute approximate surface area is 155 Å². The number of amides is 1. The summed E-state index contributed by atoms with van der Waals surface area (Å²) < 4.78 is 5.68. The molecule has 3 rings (SSSR count). The first-order chi connectivity index (χ1) is 12.0. The smallest absolute Gasteiger partial charge is 0.266 e. The van der Waals surface area contributed by atoms with E-state index in [1.165, 1.54) is 11.3 Å². The zero-order chi connectivity index (χ0) is 17.8. The standard InChI is InChI=1S/C19H17ClN2O2S/c1-12-4-3-5-16(10-12)24-13(2)18(23)22-19-21-17(11-25-19)14-6-8-15(20)9-7-14/h3-11,13H,1-2H3,(H,21,22,23)/t13-/m1/s1. The number of aromatic nitrogens is 1. The van der Waals surface area contributed by atoms with Crippen LogP contribution in [0, 0.1) is 6.92 Å². The van der Waals surface area contributed by atoms with Gasteiger partial charge < -0.3 is 4.74 Å². The Kier molecular flexibility index (Phi) is 5.36. The van der Waals surface area contributed by atoms with Crippen LogP contribution in [0.25, 0.3) is 11.3 Å². The highest BCUT2D eigenvalue weighted by Crippen LogP contribution is 2.26. The maximum Gasteiger partial charge on any atom is 0.266 e. The van der Waals surface area contributed by atoms with Crippen molar-refractivity contribution < 1.29 is 9.53 Å². The van der Waals surface area contributed by atoms with Crippen molar-refractivity contribution in [2.45, 2.75) is 20.0 Å². The Balaban J connectivity index is 1.64. The van der Waals surface area contributed by atoms with E-state index in [9.17, 15) is 4.79 Å². The molecular formula is C19H17ClN2O2S. The molecule has 0 aliphatic carbocycles. The van der Waals surface area contributed by atoms with Gasteiger partial charge in [-0.25, -0.2) is 4.98 Å². The van der Waals surface area contributed by atoms with Crippen molar-refractivity contribution in [2.75, 3.05) is 5.32 Å². The summed E-state index contributed by atoms with van der Waals surface area (Å²) >= 11 is 7.27. The minimum Gasteiger partial charge on any atom is -0.481 e. The van der Waals surface area contributed by atoms with Gasteiger partial charge in [-0.3, -0.25) is 10.1 Å². The van der Waals surface area contributed by atoms with E-state index in [0.717, 1.165) is 16.8 Å². The quantitative estimate of drug-likeness (QED) is 0.671. The molecule has 0 spiro atoms. The predicted molar refractivity (Wildman–Crippen MR) is 102 cm³/mol. The van der Waals surface area contributed by atoms with Crippen LogP contribution < -0.4 is 10.1 Å². The van der Waals surface area contributed by atoms with Gasteiger partial charge in [0.25, 0.3) is 5.91 Å². The summed E-state index contributed by atoms with van der Waals surface area (Å²) in [4.78, 5) is 16.7. The first kappa shape index (κ1) is 17.5. The molecule has 1 heterocycles. The molecule has 1 aromatic heterocycles. The summed E-state index contributed by atoms with van der Waals surface area (Å²) in [6.45, 7) is 3.69. The van der Waals surface area contributed by atoms with Gasteiger partial charge in [-0.2, -0.15) is 0 Å². The van der Waals surface area contributed by atoms with Crippen LogP contribution in [0.4, 0.5) is 5.13 Å². The van der Waals surface area contributed by atoms with E-state index >= 15 is 0 Å². The minimum atomic E-state index is -0.621. The molecule has 1 atom stereocenters. The number of carbonyl (C=O) groups excluding carboxylic acids is 1. The van der Waals surface area contributed by atoms with Gasteiger partial charge in [-0.05, 0) is 43.7 Å². The summed E-state index contributed by atoms with van der Waals surface area (Å²) in [5.41, 5.74) is 2.83. The molecule has 4 nitrogen and oxygen atoms in total. The number of nitrogens with one attached hydrogen (secondary N) is 1. The van der Waals surface area contributed by atoms with Crippen LogP contribution in [0.3, 0.4) is 0 Å². The summed E-state index contributed by atoms with van der Waals surface area (Å²) in [5.74, 6) is 0.433. The molecule has 0 fully saturated rings. The average molecular weight is 373 g/mol. The number of hydrogen-bond acceptors (Lipinski definition) is 4. The summed E-state index contributed by atoms with van der Waals surface area (Å²) in [5, 5.41) is 5.90. The Hall–Kier alpha value is -2.37. The second-order valence-electron chi connectivity index (χ2n) is 5.61. The lowest BCUT2D eigenvalue weighted by atomic mass is 10.2. The van der Waals surface area contributed by atoms with E-state index in [-0.39, 0.29) is 5.91 Å². The van der Waals surface area contributed by atoms with E-state index in [1.54, 1.807) is 6.92 Å². The van der Waals surface area contributed by atoms with E-state index in [4.69, 9.17) is 16.3 Å². The van der Waals surface area contributed by atoms with Gasteiger partial charge in [-0.15, -0.1) is 11.3 Å². The number of thiazole rings is 1. The molecule has 0 unspecified atom stereocenters. The van der Waals surface area contributed by atoms with Crippen molar-refractivity contribution in [3.05, 3.63) is 64.5 Å². The molecule has 0 aliphatic rings. The number of ether oxygens (including phenoxy) is 1. The first-order valence-electron chi connectivity index (χ1n) is 7.77. The monoisotopic (exact) mass is 372 g/mol. The predicted octanol–water partition coefficient (Wildman–Crippen LogP) is 5.18. The Morgan fingerprint density at radius 1 is 1.24 bits per heavy atom. The maximum atomic E-state index is 12.3. The SMILES string of the molecule is Cc1cccc(O[C@H](C)C(=O)Nc2nc(-c3ccc(Cl)cc3)cs2)c1. The molecule has 0 radical (unpaired) electrons. The van der Waals surface area contributed by atoms with Gasteiger partial charge >= 0.3 is 0 Å². The number of hydrogen-bond donors (Lipinski definition) is 1. The van der Waals surface area contributed by atoms with Crippen molar-refractivity contribution >= 4 is 34.0 Å². The van der Waals surface area contributed by atoms with E-state index in [0.29, 0.717) is 15.9 Å². The molecule has 6 heteroatoms. The Morgan fingerprint density at radius 3 is 2.72 bits per heavy atom. The fraction of sp³-hybridized carbons (Fsp3) is 0.158. The van der Waals surface area contributed by atoms with Gasteiger partial charge in [0, 0.05) is 16.0 Å². The number of aryl methyl sites for hydroxylation is 1. The van der Waals surface area contributed by atoms with Crippen molar-refractivity contribution in [3.63, 3.8) is 0 Å². The summed E-state index contributed by atoms with van der Waals surface area (Å²) in [6.07, 6.45) is -0.621. The van der Waals surface area contributed by atoms with Crippen molar-refractivity contribution in [3.8, 4) is 17.0 Å². The summed E-state index contributed by atoms with van der Waals surface area (Å²) in [7, 11) is 0. The molecule has 25 heavy (non-hydrogen) atoms. The van der Waals surface area contributed by atoms with E-state index < -0.39 is 6.10 Å². The average Bonchev–Trinajstić information content (AvgIpc) is 3.04. The van der Waals surface area contributed by atoms with Gasteiger partial charge in [0.2, 0.25) is 0 Å². The fourth-order valence-corrected chi connectivity index (χ4v) is 3.09. The lowest BCUT2D eigenvalue weighted by molar-refractivity contribution is -0.122. The largest absolute Gasteiger partial charge is 0.481 e. The Bertz CT molecular complexity index is 877. The highest BCUT2D eigenvalue weighted by atomic mass is 35.5. The molecule has 2 aromatic carbocycles. The zero-order valence-corrected chi connectivity index (χ0v) is 15.4. The van der Waals surface area contributed by atoms with Gasteiger partial charge in [0.15, 0.2) is 11.2 Å². The molecule has 0 saturated heterocycles. The molecule has 0 aliphatic heterocycles. The number of benzene rings is 2. The second-order valence-corrected chi connectivity index (χ2v) is 6.91. The van der Waals surface area contributed by atoms with E-state index in [2.05, 4.69) is 10.3 Å².